The van der Waals surface area contributed by atoms with Crippen LogP contribution in [0, 0.1) is 46.3 Å². The molecule has 0 saturated heterocycles. The van der Waals surface area contributed by atoms with Crippen LogP contribution < -0.4 is 0 Å². The van der Waals surface area contributed by atoms with Crippen LogP contribution in [0.3, 0.4) is 0 Å². The standard InChI is InChI=1S/C36H53F3O4S/c1-24(31(23-34(40)17-8-5-9-18-34)44(42,43)26-10-6-4-7-11-26)28-14-15-29-27-13-12-25-22-35(41,36(37,38)39)21-20-32(25,2)30(27)16-19-33(28,29)3/h4,6-7,10-11,24-25,27-31,40-41H,5,8-9,12-23H2,1-3H3/t24-,25-,27-,28+,29-,30-,31?,32-,33+,35-/m0/s1. The lowest BCUT2D eigenvalue weighted by atomic mass is 9.43. The summed E-state index contributed by atoms with van der Waals surface area (Å²) in [6, 6.07) is 8.76. The minimum atomic E-state index is -4.59. The lowest BCUT2D eigenvalue weighted by Crippen LogP contribution is -2.59. The van der Waals surface area contributed by atoms with Gasteiger partial charge in [0.05, 0.1) is 15.7 Å². The van der Waals surface area contributed by atoms with Gasteiger partial charge in [0.15, 0.2) is 15.4 Å². The van der Waals surface area contributed by atoms with Crippen LogP contribution in [-0.4, -0.2) is 41.3 Å². The zero-order valence-corrected chi connectivity index (χ0v) is 27.6. The van der Waals surface area contributed by atoms with Crippen LogP contribution >= 0.6 is 0 Å². The Morgan fingerprint density at radius 2 is 1.50 bits per heavy atom. The molecule has 1 unspecified atom stereocenters. The van der Waals surface area contributed by atoms with Gasteiger partial charge in [-0.25, -0.2) is 8.42 Å². The van der Waals surface area contributed by atoms with E-state index >= 15 is 0 Å². The molecule has 1 aromatic rings. The number of aliphatic hydroxyl groups is 2. The summed E-state index contributed by atoms with van der Waals surface area (Å²) in [4.78, 5) is 0.335. The molecule has 5 aliphatic carbocycles. The normalized spacial score (nSPS) is 42.0. The first kappa shape index (κ1) is 32.8. The van der Waals surface area contributed by atoms with Gasteiger partial charge in [-0.3, -0.25) is 0 Å². The summed E-state index contributed by atoms with van der Waals surface area (Å²) < 4.78 is 70.1. The third kappa shape index (κ3) is 5.29. The van der Waals surface area contributed by atoms with Gasteiger partial charge in [-0.1, -0.05) is 58.2 Å². The largest absolute Gasteiger partial charge is 0.417 e. The topological polar surface area (TPSA) is 74.6 Å². The molecule has 0 aromatic heterocycles. The molecular formula is C36H53F3O4S. The molecule has 0 spiro atoms. The molecule has 1 aromatic carbocycles. The number of rotatable bonds is 6. The summed E-state index contributed by atoms with van der Waals surface area (Å²) in [7, 11) is -3.69. The third-order valence-corrected chi connectivity index (χ3v) is 16.7. The molecule has 0 radical (unpaired) electrons. The highest BCUT2D eigenvalue weighted by atomic mass is 32.2. The SMILES string of the molecule is C[C@H](C(CC1(O)CCCCC1)S(=O)(=O)c1ccccc1)[C@H]1CC[C@H]2[C@@H]3CC[C@H]4C[C@](O)(C(F)(F)F)CC[C@]4(C)[C@H]3CC[C@]12C. The molecule has 0 amide bonds. The summed E-state index contributed by atoms with van der Waals surface area (Å²) in [6.07, 6.45) is 5.45. The highest BCUT2D eigenvalue weighted by molar-refractivity contribution is 7.92. The number of halogens is 3. The molecule has 248 valence electrons. The molecule has 0 heterocycles. The first-order valence-corrected chi connectivity index (χ1v) is 18.9. The molecule has 5 aliphatic rings. The van der Waals surface area contributed by atoms with Crippen LogP contribution in [0.2, 0.25) is 0 Å². The first-order valence-electron chi connectivity index (χ1n) is 17.3. The quantitative estimate of drug-likeness (QED) is 0.328. The summed E-state index contributed by atoms with van der Waals surface area (Å²) in [5.41, 5.74) is -3.76. The van der Waals surface area contributed by atoms with Crippen molar-refractivity contribution in [1.82, 2.24) is 0 Å². The van der Waals surface area contributed by atoms with E-state index in [2.05, 4.69) is 20.8 Å². The van der Waals surface area contributed by atoms with E-state index in [1.54, 1.807) is 24.3 Å². The fraction of sp³-hybridized carbons (Fsp3) is 0.833. The smallest absolute Gasteiger partial charge is 0.390 e. The maximum absolute atomic E-state index is 14.3. The first-order chi connectivity index (χ1) is 20.5. The lowest BCUT2D eigenvalue weighted by molar-refractivity contribution is -0.290. The third-order valence-electron chi connectivity index (χ3n) is 14.4. The van der Waals surface area contributed by atoms with Crippen molar-refractivity contribution in [2.45, 2.75) is 145 Å². The van der Waals surface area contributed by atoms with Crippen molar-refractivity contribution >= 4 is 9.84 Å². The van der Waals surface area contributed by atoms with E-state index in [0.29, 0.717) is 41.9 Å². The molecule has 5 fully saturated rings. The Bertz CT molecular complexity index is 1290. The second kappa shape index (κ2) is 11.2. The highest BCUT2D eigenvalue weighted by Gasteiger charge is 2.65. The highest BCUT2D eigenvalue weighted by Crippen LogP contribution is 2.69. The van der Waals surface area contributed by atoms with Gasteiger partial charge in [0.2, 0.25) is 0 Å². The summed E-state index contributed by atoms with van der Waals surface area (Å²) in [6.45, 7) is 6.70. The van der Waals surface area contributed by atoms with Crippen LogP contribution in [-0.2, 0) is 9.84 Å². The second-order valence-corrected chi connectivity index (χ2v) is 18.5. The van der Waals surface area contributed by atoms with Crippen molar-refractivity contribution in [3.05, 3.63) is 30.3 Å². The van der Waals surface area contributed by atoms with Crippen LogP contribution in [0.1, 0.15) is 117 Å². The van der Waals surface area contributed by atoms with Crippen molar-refractivity contribution < 1.29 is 31.8 Å². The van der Waals surface area contributed by atoms with Gasteiger partial charge in [0.1, 0.15) is 0 Å². The maximum atomic E-state index is 14.3. The van der Waals surface area contributed by atoms with Crippen LogP contribution in [0.25, 0.3) is 0 Å². The van der Waals surface area contributed by atoms with Gasteiger partial charge < -0.3 is 10.2 Å². The molecule has 8 heteroatoms. The molecule has 6 rings (SSSR count). The fourth-order valence-corrected chi connectivity index (χ4v) is 14.0. The van der Waals surface area contributed by atoms with E-state index in [1.807, 2.05) is 6.07 Å². The number of hydrogen-bond acceptors (Lipinski definition) is 4. The molecule has 2 N–H and O–H groups in total. The Morgan fingerprint density at radius 3 is 2.16 bits per heavy atom. The molecule has 0 bridgehead atoms. The zero-order valence-electron chi connectivity index (χ0n) is 26.8. The second-order valence-electron chi connectivity index (χ2n) is 16.4. The Morgan fingerprint density at radius 1 is 0.841 bits per heavy atom. The Balaban J connectivity index is 1.26. The molecular weight excluding hydrogens is 585 g/mol. The summed E-state index contributed by atoms with van der Waals surface area (Å²) >= 11 is 0. The average molecular weight is 639 g/mol. The molecule has 10 atom stereocenters. The van der Waals surface area contributed by atoms with Gasteiger partial charge in [0.25, 0.3) is 0 Å². The van der Waals surface area contributed by atoms with Crippen LogP contribution in [0.4, 0.5) is 13.2 Å². The predicted molar refractivity (Wildman–Crippen MR) is 165 cm³/mol. The van der Waals surface area contributed by atoms with Crippen LogP contribution in [0.5, 0.6) is 0 Å². The van der Waals surface area contributed by atoms with Crippen molar-refractivity contribution in [1.29, 1.82) is 0 Å². The summed E-state index contributed by atoms with van der Waals surface area (Å²) in [5, 5.41) is 21.6. The maximum Gasteiger partial charge on any atom is 0.417 e. The van der Waals surface area contributed by atoms with Crippen LogP contribution in [0.15, 0.2) is 35.2 Å². The van der Waals surface area contributed by atoms with E-state index < -0.39 is 32.5 Å². The molecule has 5 saturated carbocycles. The van der Waals surface area contributed by atoms with Gasteiger partial charge in [-0.15, -0.1) is 0 Å². The Labute approximate surface area is 262 Å². The molecule has 44 heavy (non-hydrogen) atoms. The van der Waals surface area contributed by atoms with E-state index in [0.717, 1.165) is 57.8 Å². The molecule has 0 aliphatic heterocycles. The van der Waals surface area contributed by atoms with Crippen molar-refractivity contribution in [2.24, 2.45) is 46.3 Å². The van der Waals surface area contributed by atoms with E-state index in [9.17, 15) is 31.8 Å². The number of benzene rings is 1. The Kier molecular flexibility index (Phi) is 8.39. The average Bonchev–Trinajstić information content (AvgIpc) is 3.33. The number of fused-ring (bicyclic) bond motifs is 5. The van der Waals surface area contributed by atoms with Crippen molar-refractivity contribution in [3.63, 3.8) is 0 Å². The minimum absolute atomic E-state index is 0.0369. The zero-order chi connectivity index (χ0) is 31.8. The van der Waals surface area contributed by atoms with E-state index in [-0.39, 0.29) is 47.8 Å². The van der Waals surface area contributed by atoms with E-state index in [4.69, 9.17) is 0 Å². The predicted octanol–water partition coefficient (Wildman–Crippen LogP) is 8.50. The van der Waals surface area contributed by atoms with Crippen molar-refractivity contribution in [3.8, 4) is 0 Å². The van der Waals surface area contributed by atoms with Gasteiger partial charge >= 0.3 is 6.18 Å². The van der Waals surface area contributed by atoms with E-state index in [1.165, 1.54) is 0 Å². The Hall–Kier alpha value is -1.12. The van der Waals surface area contributed by atoms with Gasteiger partial charge in [-0.05, 0) is 136 Å². The monoisotopic (exact) mass is 638 g/mol. The molecule has 4 nitrogen and oxygen atoms in total. The lowest BCUT2D eigenvalue weighted by Gasteiger charge is -2.62. The number of hydrogen-bond donors (Lipinski definition) is 2. The summed E-state index contributed by atoms with van der Waals surface area (Å²) in [5.74, 6) is 1.15. The number of sulfone groups is 1. The number of alkyl halides is 3. The van der Waals surface area contributed by atoms with Gasteiger partial charge in [-0.2, -0.15) is 13.2 Å². The van der Waals surface area contributed by atoms with Gasteiger partial charge in [0, 0.05) is 0 Å². The van der Waals surface area contributed by atoms with Crippen molar-refractivity contribution in [2.75, 3.05) is 0 Å². The fourth-order valence-electron chi connectivity index (χ4n) is 11.8. The minimum Gasteiger partial charge on any atom is -0.390 e.